The maximum atomic E-state index is 11.5. The van der Waals surface area contributed by atoms with E-state index in [4.69, 9.17) is 9.47 Å². The molecule has 0 bridgehead atoms. The number of ether oxygens (including phenoxy) is 2. The zero-order valence-corrected chi connectivity index (χ0v) is 12.6. The molecule has 0 spiro atoms. The predicted octanol–water partition coefficient (Wildman–Crippen LogP) is 2.62. The highest BCUT2D eigenvalue weighted by molar-refractivity contribution is 5.79. The smallest absolute Gasteiger partial charge is 0.347 e. The first-order valence-corrected chi connectivity index (χ1v) is 6.94. The lowest BCUT2D eigenvalue weighted by Gasteiger charge is -2.11. The van der Waals surface area contributed by atoms with E-state index in [1.807, 2.05) is 31.2 Å². The molecule has 0 N–H and O–H groups in total. The van der Waals surface area contributed by atoms with Gasteiger partial charge in [0.25, 0.3) is 0 Å². The molecular formula is C17H20O4. The van der Waals surface area contributed by atoms with Crippen molar-refractivity contribution in [2.24, 2.45) is 0 Å². The Bertz CT molecular complexity index is 534. The fourth-order valence-electron chi connectivity index (χ4n) is 1.53. The lowest BCUT2D eigenvalue weighted by molar-refractivity contribution is -0.166. The molecule has 0 aliphatic heterocycles. The van der Waals surface area contributed by atoms with Gasteiger partial charge in [0.1, 0.15) is 0 Å². The molecule has 0 saturated heterocycles. The fraction of sp³-hybridized carbons (Fsp3) is 0.412. The van der Waals surface area contributed by atoms with Crippen molar-refractivity contribution in [3.05, 3.63) is 35.4 Å². The van der Waals surface area contributed by atoms with Gasteiger partial charge in [-0.2, -0.15) is 0 Å². The van der Waals surface area contributed by atoms with Gasteiger partial charge in [-0.3, -0.25) is 4.79 Å². The molecule has 0 amide bonds. The quantitative estimate of drug-likeness (QED) is 0.617. The van der Waals surface area contributed by atoms with E-state index in [1.54, 1.807) is 6.92 Å². The monoisotopic (exact) mass is 288 g/mol. The summed E-state index contributed by atoms with van der Waals surface area (Å²) in [6.07, 6.45) is -0.326. The summed E-state index contributed by atoms with van der Waals surface area (Å²) in [5.74, 6) is 4.91. The molecule has 0 heterocycles. The van der Waals surface area contributed by atoms with Crippen LogP contribution in [0.4, 0.5) is 0 Å². The van der Waals surface area contributed by atoms with E-state index in [9.17, 15) is 9.59 Å². The summed E-state index contributed by atoms with van der Waals surface area (Å²) >= 11 is 0. The summed E-state index contributed by atoms with van der Waals surface area (Å²) < 4.78 is 9.70. The summed E-state index contributed by atoms with van der Waals surface area (Å²) in [4.78, 5) is 22.8. The number of hydrogen-bond donors (Lipinski definition) is 0. The number of aryl methyl sites for hydroxylation is 1. The summed E-state index contributed by atoms with van der Waals surface area (Å²) in [6.45, 7) is 5.47. The Morgan fingerprint density at radius 3 is 2.52 bits per heavy atom. The van der Waals surface area contributed by atoms with Gasteiger partial charge in [-0.25, -0.2) is 4.79 Å². The average molecular weight is 288 g/mol. The normalized spacial score (nSPS) is 11.0. The molecule has 0 fully saturated rings. The molecule has 21 heavy (non-hydrogen) atoms. The minimum atomic E-state index is -0.873. The zero-order chi connectivity index (χ0) is 15.7. The van der Waals surface area contributed by atoms with E-state index in [1.165, 1.54) is 12.5 Å². The predicted molar refractivity (Wildman–Crippen MR) is 79.5 cm³/mol. The Kier molecular flexibility index (Phi) is 7.03. The van der Waals surface area contributed by atoms with E-state index < -0.39 is 18.0 Å². The molecule has 4 heteroatoms. The maximum absolute atomic E-state index is 11.5. The van der Waals surface area contributed by atoms with Crippen molar-refractivity contribution in [1.29, 1.82) is 0 Å². The molecule has 1 unspecified atom stereocenters. The standard InChI is InChI=1S/C17H20O4/c1-4-20-17(19)14(3)21-16(18)8-6-5-7-15-11-9-13(2)10-12-15/h9-12,14H,4,6,8H2,1-3H3. The van der Waals surface area contributed by atoms with Gasteiger partial charge in [-0.05, 0) is 32.9 Å². The molecule has 0 radical (unpaired) electrons. The van der Waals surface area contributed by atoms with Crippen molar-refractivity contribution in [2.45, 2.75) is 39.7 Å². The van der Waals surface area contributed by atoms with E-state index in [2.05, 4.69) is 11.8 Å². The number of carbonyl (C=O) groups excluding carboxylic acids is 2. The highest BCUT2D eigenvalue weighted by Crippen LogP contribution is 2.02. The lowest BCUT2D eigenvalue weighted by Crippen LogP contribution is -2.26. The van der Waals surface area contributed by atoms with Crippen LogP contribution in [0.15, 0.2) is 24.3 Å². The van der Waals surface area contributed by atoms with Crippen molar-refractivity contribution in [1.82, 2.24) is 0 Å². The number of rotatable bonds is 5. The minimum Gasteiger partial charge on any atom is -0.463 e. The topological polar surface area (TPSA) is 52.6 Å². The van der Waals surface area contributed by atoms with Gasteiger partial charge in [-0.1, -0.05) is 29.5 Å². The molecule has 4 nitrogen and oxygen atoms in total. The SMILES string of the molecule is CCOC(=O)C(C)OC(=O)CCC#Cc1ccc(C)cc1. The molecule has 0 aliphatic rings. The summed E-state index contributed by atoms with van der Waals surface area (Å²) in [7, 11) is 0. The number of benzene rings is 1. The van der Waals surface area contributed by atoms with Crippen LogP contribution in [-0.4, -0.2) is 24.6 Å². The average Bonchev–Trinajstić information content (AvgIpc) is 2.45. The van der Waals surface area contributed by atoms with Crippen molar-refractivity contribution < 1.29 is 19.1 Å². The molecule has 1 aromatic carbocycles. The van der Waals surface area contributed by atoms with Crippen LogP contribution < -0.4 is 0 Å². The Labute approximate surface area is 125 Å². The van der Waals surface area contributed by atoms with Gasteiger partial charge in [0.05, 0.1) is 13.0 Å². The highest BCUT2D eigenvalue weighted by atomic mass is 16.6. The molecule has 112 valence electrons. The highest BCUT2D eigenvalue weighted by Gasteiger charge is 2.18. The third-order valence-corrected chi connectivity index (χ3v) is 2.67. The third-order valence-electron chi connectivity index (χ3n) is 2.67. The zero-order valence-electron chi connectivity index (χ0n) is 12.6. The second-order valence-corrected chi connectivity index (χ2v) is 4.55. The molecule has 0 saturated carbocycles. The van der Waals surface area contributed by atoms with Crippen LogP contribution >= 0.6 is 0 Å². The first-order chi connectivity index (χ1) is 10.0. The van der Waals surface area contributed by atoms with Crippen LogP contribution in [0, 0.1) is 18.8 Å². The van der Waals surface area contributed by atoms with Crippen LogP contribution in [-0.2, 0) is 19.1 Å². The summed E-state index contributed by atoms with van der Waals surface area (Å²) in [5, 5.41) is 0. The number of hydrogen-bond acceptors (Lipinski definition) is 4. The lowest BCUT2D eigenvalue weighted by atomic mass is 10.1. The van der Waals surface area contributed by atoms with Crippen molar-refractivity contribution >= 4 is 11.9 Å². The molecule has 0 aliphatic carbocycles. The van der Waals surface area contributed by atoms with Gasteiger partial charge in [0.15, 0.2) is 6.10 Å². The summed E-state index contributed by atoms with van der Waals surface area (Å²) in [6, 6.07) is 7.84. The van der Waals surface area contributed by atoms with E-state index in [0.717, 1.165) is 5.56 Å². The second kappa shape index (κ2) is 8.80. The Morgan fingerprint density at radius 2 is 1.90 bits per heavy atom. The van der Waals surface area contributed by atoms with E-state index >= 15 is 0 Å². The largest absolute Gasteiger partial charge is 0.463 e. The van der Waals surface area contributed by atoms with Gasteiger partial charge >= 0.3 is 11.9 Å². The Morgan fingerprint density at radius 1 is 1.24 bits per heavy atom. The van der Waals surface area contributed by atoms with Gasteiger partial charge in [0, 0.05) is 12.0 Å². The van der Waals surface area contributed by atoms with Crippen molar-refractivity contribution in [3.8, 4) is 11.8 Å². The van der Waals surface area contributed by atoms with Crippen LogP contribution in [0.3, 0.4) is 0 Å². The van der Waals surface area contributed by atoms with Crippen LogP contribution in [0.25, 0.3) is 0 Å². The van der Waals surface area contributed by atoms with Crippen LogP contribution in [0.5, 0.6) is 0 Å². The van der Waals surface area contributed by atoms with Gasteiger partial charge in [-0.15, -0.1) is 0 Å². The summed E-state index contributed by atoms with van der Waals surface area (Å²) in [5.41, 5.74) is 2.09. The molecule has 1 rings (SSSR count). The molecule has 0 aromatic heterocycles. The number of esters is 2. The molecule has 1 aromatic rings. The van der Waals surface area contributed by atoms with Gasteiger partial charge < -0.3 is 9.47 Å². The maximum Gasteiger partial charge on any atom is 0.347 e. The number of carbonyl (C=O) groups is 2. The first kappa shape index (κ1) is 16.8. The van der Waals surface area contributed by atoms with Crippen LogP contribution in [0.1, 0.15) is 37.8 Å². The van der Waals surface area contributed by atoms with E-state index in [-0.39, 0.29) is 13.0 Å². The first-order valence-electron chi connectivity index (χ1n) is 6.94. The van der Waals surface area contributed by atoms with E-state index in [0.29, 0.717) is 6.42 Å². The van der Waals surface area contributed by atoms with Crippen LogP contribution in [0.2, 0.25) is 0 Å². The second-order valence-electron chi connectivity index (χ2n) is 4.55. The van der Waals surface area contributed by atoms with Crippen molar-refractivity contribution in [3.63, 3.8) is 0 Å². The Balaban J connectivity index is 2.34. The van der Waals surface area contributed by atoms with Crippen molar-refractivity contribution in [2.75, 3.05) is 6.61 Å². The minimum absolute atomic E-state index is 0.155. The molecular weight excluding hydrogens is 268 g/mol. The Hall–Kier alpha value is -2.28. The van der Waals surface area contributed by atoms with Gasteiger partial charge in [0.2, 0.25) is 0 Å². The third kappa shape index (κ3) is 6.62. The molecule has 1 atom stereocenters. The fourth-order valence-corrected chi connectivity index (χ4v) is 1.53.